The highest BCUT2D eigenvalue weighted by molar-refractivity contribution is 5.90. The number of likely N-dealkylation sites (tertiary alicyclic amines) is 1. The normalized spacial score (nSPS) is 20.4. The lowest BCUT2D eigenvalue weighted by molar-refractivity contribution is -0.139. The van der Waals surface area contributed by atoms with Crippen molar-refractivity contribution in [3.8, 4) is 0 Å². The van der Waals surface area contributed by atoms with Gasteiger partial charge in [0.05, 0.1) is 0 Å². The maximum atomic E-state index is 13.0. The van der Waals surface area contributed by atoms with Crippen molar-refractivity contribution < 1.29 is 19.6 Å². The van der Waals surface area contributed by atoms with Crippen LogP contribution in [0.25, 0.3) is 0 Å². The molecule has 1 saturated heterocycles. The Bertz CT molecular complexity index is 511. The summed E-state index contributed by atoms with van der Waals surface area (Å²) in [6, 6.07) is -0.568. The van der Waals surface area contributed by atoms with Crippen molar-refractivity contribution in [2.24, 2.45) is 17.8 Å². The molecule has 1 heterocycles. The lowest BCUT2D eigenvalue weighted by atomic mass is 9.81. The number of rotatable bonds is 8. The van der Waals surface area contributed by atoms with Gasteiger partial charge in [0.2, 0.25) is 17.7 Å². The van der Waals surface area contributed by atoms with Crippen LogP contribution in [0.2, 0.25) is 0 Å². The monoisotopic (exact) mass is 381 g/mol. The number of hydrogen-bond acceptors (Lipinski definition) is 4. The number of nitrogens with zero attached hydrogens (tertiary/aromatic N) is 1. The molecule has 3 amide bonds. The molecule has 3 N–H and O–H groups in total. The lowest BCUT2D eigenvalue weighted by Gasteiger charge is -2.30. The van der Waals surface area contributed by atoms with Gasteiger partial charge in [-0.05, 0) is 31.1 Å². The van der Waals surface area contributed by atoms with Crippen molar-refractivity contribution >= 4 is 17.7 Å². The van der Waals surface area contributed by atoms with Crippen molar-refractivity contribution in [2.45, 2.75) is 77.7 Å². The molecule has 7 nitrogen and oxygen atoms in total. The van der Waals surface area contributed by atoms with Crippen LogP contribution >= 0.6 is 0 Å². The molecule has 0 spiro atoms. The van der Waals surface area contributed by atoms with E-state index in [0.29, 0.717) is 12.3 Å². The zero-order valence-electron chi connectivity index (χ0n) is 16.7. The average molecular weight is 382 g/mol. The Morgan fingerprint density at radius 3 is 2.22 bits per heavy atom. The van der Waals surface area contributed by atoms with Gasteiger partial charge in [0.25, 0.3) is 0 Å². The highest BCUT2D eigenvalue weighted by Gasteiger charge is 2.33. The van der Waals surface area contributed by atoms with Gasteiger partial charge < -0.3 is 10.2 Å². The summed E-state index contributed by atoms with van der Waals surface area (Å²) in [7, 11) is 0. The Morgan fingerprint density at radius 2 is 1.67 bits per heavy atom. The zero-order chi connectivity index (χ0) is 19.8. The molecule has 2 rings (SSSR count). The summed E-state index contributed by atoms with van der Waals surface area (Å²) in [6.07, 6.45) is 8.28. The summed E-state index contributed by atoms with van der Waals surface area (Å²) in [4.78, 5) is 39.3. The maximum absolute atomic E-state index is 13.0. The fourth-order valence-electron chi connectivity index (χ4n) is 4.30. The van der Waals surface area contributed by atoms with Crippen molar-refractivity contribution in [3.05, 3.63) is 0 Å². The molecule has 0 bridgehead atoms. The van der Waals surface area contributed by atoms with E-state index in [-0.39, 0.29) is 24.2 Å². The fourth-order valence-corrected chi connectivity index (χ4v) is 4.30. The van der Waals surface area contributed by atoms with E-state index in [9.17, 15) is 14.4 Å². The van der Waals surface area contributed by atoms with E-state index in [1.54, 1.807) is 5.48 Å². The second-order valence-corrected chi connectivity index (χ2v) is 8.44. The number of carbonyl (C=O) groups excluding carboxylic acids is 3. The summed E-state index contributed by atoms with van der Waals surface area (Å²) in [5.74, 6) is -0.961. The van der Waals surface area contributed by atoms with Gasteiger partial charge in [0.15, 0.2) is 0 Å². The Labute approximate surface area is 162 Å². The molecule has 1 aliphatic carbocycles. The van der Waals surface area contributed by atoms with Crippen LogP contribution < -0.4 is 10.8 Å². The van der Waals surface area contributed by atoms with Crippen molar-refractivity contribution in [2.75, 3.05) is 13.1 Å². The number of hydrogen-bond donors (Lipinski definition) is 3. The van der Waals surface area contributed by atoms with Crippen molar-refractivity contribution in [1.29, 1.82) is 0 Å². The highest BCUT2D eigenvalue weighted by Crippen LogP contribution is 2.30. The minimum atomic E-state index is -0.568. The van der Waals surface area contributed by atoms with Crippen LogP contribution in [0.4, 0.5) is 0 Å². The molecule has 1 saturated carbocycles. The predicted octanol–water partition coefficient (Wildman–Crippen LogP) is 2.23. The van der Waals surface area contributed by atoms with Crippen LogP contribution in [0.5, 0.6) is 0 Å². The first-order valence-corrected chi connectivity index (χ1v) is 10.4. The Hall–Kier alpha value is -1.63. The van der Waals surface area contributed by atoms with Crippen LogP contribution in [0.1, 0.15) is 71.6 Å². The van der Waals surface area contributed by atoms with Gasteiger partial charge in [-0.1, -0.05) is 46.0 Å². The third-order valence-corrected chi connectivity index (χ3v) is 5.92. The van der Waals surface area contributed by atoms with Crippen molar-refractivity contribution in [3.63, 3.8) is 0 Å². The summed E-state index contributed by atoms with van der Waals surface area (Å²) in [5, 5.41) is 11.8. The van der Waals surface area contributed by atoms with Gasteiger partial charge in [-0.25, -0.2) is 5.48 Å². The van der Waals surface area contributed by atoms with Gasteiger partial charge in [-0.15, -0.1) is 0 Å². The van der Waals surface area contributed by atoms with Crippen LogP contribution in [0, 0.1) is 17.8 Å². The molecule has 2 fully saturated rings. The van der Waals surface area contributed by atoms with Crippen LogP contribution in [0.15, 0.2) is 0 Å². The molecular weight excluding hydrogens is 346 g/mol. The molecule has 0 radical (unpaired) electrons. The van der Waals surface area contributed by atoms with E-state index in [2.05, 4.69) is 5.32 Å². The average Bonchev–Trinajstić information content (AvgIpc) is 3.20. The van der Waals surface area contributed by atoms with Crippen molar-refractivity contribution in [1.82, 2.24) is 15.7 Å². The van der Waals surface area contributed by atoms with Gasteiger partial charge in [-0.3, -0.25) is 19.6 Å². The highest BCUT2D eigenvalue weighted by atomic mass is 16.5. The first-order valence-electron chi connectivity index (χ1n) is 10.4. The predicted molar refractivity (Wildman–Crippen MR) is 102 cm³/mol. The van der Waals surface area contributed by atoms with Gasteiger partial charge in [-0.2, -0.15) is 0 Å². The van der Waals surface area contributed by atoms with E-state index in [1.165, 1.54) is 6.42 Å². The van der Waals surface area contributed by atoms with E-state index in [4.69, 9.17) is 5.21 Å². The number of amides is 3. The standard InChI is InChI=1S/C20H35N3O4/c1-14(2)18(20(26)23-10-6-7-11-23)21-19(25)16(13-17(24)22-27)12-15-8-4-3-5-9-15/h14-16,18,27H,3-13H2,1-2H3,(H,21,25)(H,22,24)/t16-,18+/m1/s1. The number of carbonyl (C=O) groups is 3. The second kappa shape index (κ2) is 10.6. The smallest absolute Gasteiger partial charge is 0.245 e. The topological polar surface area (TPSA) is 98.7 Å². The van der Waals surface area contributed by atoms with E-state index >= 15 is 0 Å². The van der Waals surface area contributed by atoms with E-state index in [0.717, 1.165) is 51.6 Å². The van der Waals surface area contributed by atoms with Gasteiger partial charge >= 0.3 is 0 Å². The third kappa shape index (κ3) is 6.48. The Balaban J connectivity index is 2.03. The fraction of sp³-hybridized carbons (Fsp3) is 0.850. The first kappa shape index (κ1) is 21.7. The van der Waals surface area contributed by atoms with E-state index < -0.39 is 17.9 Å². The molecule has 7 heteroatoms. The summed E-state index contributed by atoms with van der Waals surface area (Å²) in [5.41, 5.74) is 1.64. The number of hydroxylamine groups is 1. The second-order valence-electron chi connectivity index (χ2n) is 8.44. The maximum Gasteiger partial charge on any atom is 0.245 e. The molecule has 2 aliphatic rings. The summed E-state index contributed by atoms with van der Waals surface area (Å²) >= 11 is 0. The lowest BCUT2D eigenvalue weighted by Crippen LogP contribution is -2.52. The zero-order valence-corrected chi connectivity index (χ0v) is 16.7. The molecule has 2 atom stereocenters. The first-order chi connectivity index (χ1) is 12.9. The molecule has 0 aromatic carbocycles. The molecule has 0 aromatic heterocycles. The molecule has 27 heavy (non-hydrogen) atoms. The van der Waals surface area contributed by atoms with Crippen LogP contribution in [-0.2, 0) is 14.4 Å². The minimum Gasteiger partial charge on any atom is -0.344 e. The Kier molecular flexibility index (Phi) is 8.54. The largest absolute Gasteiger partial charge is 0.344 e. The van der Waals surface area contributed by atoms with Gasteiger partial charge in [0, 0.05) is 25.4 Å². The summed E-state index contributed by atoms with van der Waals surface area (Å²) in [6.45, 7) is 5.34. The third-order valence-electron chi connectivity index (χ3n) is 5.92. The van der Waals surface area contributed by atoms with Gasteiger partial charge in [0.1, 0.15) is 6.04 Å². The summed E-state index contributed by atoms with van der Waals surface area (Å²) < 4.78 is 0. The molecule has 0 aromatic rings. The SMILES string of the molecule is CC(C)[C@H](NC(=O)[C@@H](CC(=O)NO)CC1CCCCC1)C(=O)N1CCCC1. The van der Waals surface area contributed by atoms with E-state index in [1.807, 2.05) is 18.7 Å². The Morgan fingerprint density at radius 1 is 1.04 bits per heavy atom. The quantitative estimate of drug-likeness (QED) is 0.443. The van der Waals surface area contributed by atoms with Crippen LogP contribution in [-0.4, -0.2) is 47.0 Å². The molecule has 1 aliphatic heterocycles. The van der Waals surface area contributed by atoms with Crippen LogP contribution in [0.3, 0.4) is 0 Å². The number of nitrogens with one attached hydrogen (secondary N) is 2. The molecular formula is C20H35N3O4. The minimum absolute atomic E-state index is 0.0240. The molecule has 154 valence electrons. The molecule has 0 unspecified atom stereocenters.